The van der Waals surface area contributed by atoms with Crippen molar-refractivity contribution in [2.75, 3.05) is 13.2 Å². The monoisotopic (exact) mass is 461 g/mol. The minimum atomic E-state index is -0.191. The lowest BCUT2D eigenvalue weighted by Crippen LogP contribution is -2.29. The lowest BCUT2D eigenvalue weighted by atomic mass is 10.00. The molecule has 3 N–H and O–H groups in total. The van der Waals surface area contributed by atoms with Gasteiger partial charge in [0.1, 0.15) is 12.3 Å². The van der Waals surface area contributed by atoms with Crippen LogP contribution in [0.1, 0.15) is 35.3 Å². The van der Waals surface area contributed by atoms with E-state index in [-0.39, 0.29) is 31.0 Å². The van der Waals surface area contributed by atoms with Gasteiger partial charge in [-0.15, -0.1) is 12.4 Å². The molecule has 6 heteroatoms. The fourth-order valence-electron chi connectivity index (χ4n) is 3.85. The maximum Gasteiger partial charge on any atom is 0.256 e. The SMILES string of the molecule is CC[C@H](NC(=O)c1c(OCCN)c(-c2ccccc2)nc2ccccc12)c1ccccc1.Cl. The molecule has 0 aliphatic carbocycles. The zero-order valence-corrected chi connectivity index (χ0v) is 19.3. The van der Waals surface area contributed by atoms with Crippen LogP contribution in [0.25, 0.3) is 22.2 Å². The van der Waals surface area contributed by atoms with Gasteiger partial charge in [0.25, 0.3) is 5.91 Å². The topological polar surface area (TPSA) is 77.2 Å². The number of hydrogen-bond acceptors (Lipinski definition) is 4. The van der Waals surface area contributed by atoms with E-state index in [1.54, 1.807) is 0 Å². The fourth-order valence-corrected chi connectivity index (χ4v) is 3.85. The van der Waals surface area contributed by atoms with Crippen molar-refractivity contribution in [1.82, 2.24) is 10.3 Å². The molecule has 3 aromatic carbocycles. The van der Waals surface area contributed by atoms with Crippen molar-refractivity contribution in [2.45, 2.75) is 19.4 Å². The number of amides is 1. The number of hydrogen-bond donors (Lipinski definition) is 2. The normalized spacial score (nSPS) is 11.5. The third-order valence-electron chi connectivity index (χ3n) is 5.40. The summed E-state index contributed by atoms with van der Waals surface area (Å²) in [6, 6.07) is 27.3. The van der Waals surface area contributed by atoms with Crippen molar-refractivity contribution >= 4 is 29.2 Å². The van der Waals surface area contributed by atoms with E-state index in [0.29, 0.717) is 23.6 Å². The van der Waals surface area contributed by atoms with Crippen LogP contribution in [0.5, 0.6) is 5.75 Å². The highest BCUT2D eigenvalue weighted by molar-refractivity contribution is 6.10. The summed E-state index contributed by atoms with van der Waals surface area (Å²) in [6.07, 6.45) is 0.767. The molecule has 4 rings (SSSR count). The molecule has 0 aliphatic heterocycles. The van der Waals surface area contributed by atoms with Crippen molar-refractivity contribution in [3.63, 3.8) is 0 Å². The number of ether oxygens (including phenoxy) is 1. The van der Waals surface area contributed by atoms with Gasteiger partial charge in [-0.05, 0) is 18.1 Å². The van der Waals surface area contributed by atoms with Gasteiger partial charge >= 0.3 is 0 Å². The van der Waals surface area contributed by atoms with Crippen molar-refractivity contribution in [2.24, 2.45) is 5.73 Å². The van der Waals surface area contributed by atoms with Crippen molar-refractivity contribution in [1.29, 1.82) is 0 Å². The fraction of sp³-hybridized carbons (Fsp3) is 0.185. The second-order valence-electron chi connectivity index (χ2n) is 7.53. The van der Waals surface area contributed by atoms with Crippen molar-refractivity contribution in [3.8, 4) is 17.0 Å². The van der Waals surface area contributed by atoms with E-state index in [9.17, 15) is 4.79 Å². The van der Waals surface area contributed by atoms with Crippen LogP contribution in [0.15, 0.2) is 84.9 Å². The third-order valence-corrected chi connectivity index (χ3v) is 5.40. The van der Waals surface area contributed by atoms with Gasteiger partial charge in [-0.1, -0.05) is 85.8 Å². The molecule has 1 amide bonds. The van der Waals surface area contributed by atoms with Crippen LogP contribution in [-0.2, 0) is 0 Å². The van der Waals surface area contributed by atoms with E-state index in [1.165, 1.54) is 0 Å². The molecular formula is C27H28ClN3O2. The van der Waals surface area contributed by atoms with Gasteiger partial charge in [0, 0.05) is 17.5 Å². The van der Waals surface area contributed by atoms with Gasteiger partial charge in [-0.3, -0.25) is 4.79 Å². The Balaban J connectivity index is 0.00000306. The van der Waals surface area contributed by atoms with Gasteiger partial charge in [-0.2, -0.15) is 0 Å². The molecule has 1 atom stereocenters. The number of carbonyl (C=O) groups is 1. The molecule has 1 heterocycles. The van der Waals surface area contributed by atoms with E-state index in [2.05, 4.69) is 12.2 Å². The lowest BCUT2D eigenvalue weighted by molar-refractivity contribution is 0.0933. The van der Waals surface area contributed by atoms with E-state index in [0.717, 1.165) is 28.5 Å². The highest BCUT2D eigenvalue weighted by Gasteiger charge is 2.25. The van der Waals surface area contributed by atoms with Crippen LogP contribution in [0, 0.1) is 0 Å². The van der Waals surface area contributed by atoms with Gasteiger partial charge in [0.05, 0.1) is 17.1 Å². The van der Waals surface area contributed by atoms with Gasteiger partial charge in [-0.25, -0.2) is 4.98 Å². The molecule has 0 unspecified atom stereocenters. The molecule has 33 heavy (non-hydrogen) atoms. The Morgan fingerprint density at radius 3 is 2.27 bits per heavy atom. The molecular weight excluding hydrogens is 434 g/mol. The smallest absolute Gasteiger partial charge is 0.256 e. The predicted octanol–water partition coefficient (Wildman–Crippen LogP) is 5.54. The number of pyridine rings is 1. The van der Waals surface area contributed by atoms with Gasteiger partial charge in [0.15, 0.2) is 5.75 Å². The predicted molar refractivity (Wildman–Crippen MR) is 136 cm³/mol. The molecule has 0 bridgehead atoms. The molecule has 0 radical (unpaired) electrons. The number of nitrogens with zero attached hydrogens (tertiary/aromatic N) is 1. The number of nitrogens with one attached hydrogen (secondary N) is 1. The molecule has 0 aliphatic rings. The second-order valence-corrected chi connectivity index (χ2v) is 7.53. The largest absolute Gasteiger partial charge is 0.489 e. The summed E-state index contributed by atoms with van der Waals surface area (Å²) in [5, 5.41) is 3.96. The first-order valence-electron chi connectivity index (χ1n) is 10.9. The Kier molecular flexibility index (Phi) is 8.41. The Hall–Kier alpha value is -3.41. The molecule has 1 aromatic heterocycles. The van der Waals surface area contributed by atoms with Crippen LogP contribution < -0.4 is 15.8 Å². The van der Waals surface area contributed by atoms with Gasteiger partial charge in [0.2, 0.25) is 0 Å². The number of aromatic nitrogens is 1. The van der Waals surface area contributed by atoms with Crippen molar-refractivity contribution in [3.05, 3.63) is 96.1 Å². The van der Waals surface area contributed by atoms with E-state index < -0.39 is 0 Å². The second kappa shape index (κ2) is 11.5. The van der Waals surface area contributed by atoms with E-state index in [1.807, 2.05) is 84.9 Å². The quantitative estimate of drug-likeness (QED) is 0.361. The highest BCUT2D eigenvalue weighted by atomic mass is 35.5. The van der Waals surface area contributed by atoms with Crippen LogP contribution in [0.2, 0.25) is 0 Å². The molecule has 5 nitrogen and oxygen atoms in total. The standard InChI is InChI=1S/C27H27N3O2.ClH/c1-2-22(19-11-5-3-6-12-19)30-27(31)24-21-15-9-10-16-23(21)29-25(26(24)32-18-17-28)20-13-7-4-8-14-20;/h3-16,22H,2,17-18,28H2,1H3,(H,30,31);1H/t22-;/m0./s1. The number of nitrogens with two attached hydrogens (primary N) is 1. The van der Waals surface area contributed by atoms with Crippen LogP contribution in [0.4, 0.5) is 0 Å². The molecule has 0 spiro atoms. The summed E-state index contributed by atoms with van der Waals surface area (Å²) in [5.74, 6) is 0.268. The minimum Gasteiger partial charge on any atom is -0.489 e. The first kappa shape index (κ1) is 24.2. The van der Waals surface area contributed by atoms with E-state index >= 15 is 0 Å². The molecule has 170 valence electrons. The minimum absolute atomic E-state index is 0. The summed E-state index contributed by atoms with van der Waals surface area (Å²) in [6.45, 7) is 2.68. The van der Waals surface area contributed by atoms with Crippen LogP contribution in [0.3, 0.4) is 0 Å². The average molecular weight is 462 g/mol. The van der Waals surface area contributed by atoms with Crippen LogP contribution >= 0.6 is 12.4 Å². The molecule has 0 saturated heterocycles. The number of para-hydroxylation sites is 1. The lowest BCUT2D eigenvalue weighted by Gasteiger charge is -2.21. The summed E-state index contributed by atoms with van der Waals surface area (Å²) in [5.41, 5.74) is 9.54. The summed E-state index contributed by atoms with van der Waals surface area (Å²) in [4.78, 5) is 18.6. The Morgan fingerprint density at radius 1 is 0.970 bits per heavy atom. The summed E-state index contributed by atoms with van der Waals surface area (Å²) in [7, 11) is 0. The Bertz CT molecular complexity index is 1200. The number of halogens is 1. The van der Waals surface area contributed by atoms with E-state index in [4.69, 9.17) is 15.5 Å². The number of rotatable bonds is 8. The number of benzene rings is 3. The maximum absolute atomic E-state index is 13.7. The summed E-state index contributed by atoms with van der Waals surface area (Å²) >= 11 is 0. The number of carbonyl (C=O) groups excluding carboxylic acids is 1. The van der Waals surface area contributed by atoms with Crippen LogP contribution in [-0.4, -0.2) is 24.0 Å². The Labute approximate surface area is 200 Å². The maximum atomic E-state index is 13.7. The zero-order chi connectivity index (χ0) is 22.3. The van der Waals surface area contributed by atoms with Gasteiger partial charge < -0.3 is 15.8 Å². The zero-order valence-electron chi connectivity index (χ0n) is 18.5. The Morgan fingerprint density at radius 2 is 1.61 bits per heavy atom. The molecule has 4 aromatic rings. The first-order valence-corrected chi connectivity index (χ1v) is 10.9. The summed E-state index contributed by atoms with van der Waals surface area (Å²) < 4.78 is 6.07. The third kappa shape index (κ3) is 5.33. The highest BCUT2D eigenvalue weighted by Crippen LogP contribution is 2.36. The molecule has 0 saturated carbocycles. The molecule has 0 fully saturated rings. The number of fused-ring (bicyclic) bond motifs is 1. The average Bonchev–Trinajstić information content (AvgIpc) is 2.86. The van der Waals surface area contributed by atoms with Crippen molar-refractivity contribution < 1.29 is 9.53 Å². The first-order chi connectivity index (χ1) is 15.7.